The van der Waals surface area contributed by atoms with Crippen molar-refractivity contribution in [2.24, 2.45) is 0 Å². The van der Waals surface area contributed by atoms with E-state index >= 15 is 0 Å². The van der Waals surface area contributed by atoms with E-state index < -0.39 is 5.95 Å². The van der Waals surface area contributed by atoms with Gasteiger partial charge in [0.05, 0.1) is 14.2 Å². The third-order valence-corrected chi connectivity index (χ3v) is 3.81. The van der Waals surface area contributed by atoms with Crippen molar-refractivity contribution >= 4 is 5.82 Å². The van der Waals surface area contributed by atoms with Crippen LogP contribution in [0.15, 0.2) is 36.4 Å². The molecule has 4 nitrogen and oxygen atoms in total. The summed E-state index contributed by atoms with van der Waals surface area (Å²) in [7, 11) is 3.28. The minimum atomic E-state index is -0.458. The molecule has 3 rings (SSSR count). The lowest BCUT2D eigenvalue weighted by Crippen LogP contribution is -2.26. The molecule has 5 heteroatoms. The number of hydrogen-bond acceptors (Lipinski definition) is 4. The van der Waals surface area contributed by atoms with Crippen LogP contribution < -0.4 is 14.4 Å². The number of ether oxygens (including phenoxy) is 2. The second kappa shape index (κ2) is 6.22. The molecular weight excluding hydrogens is 283 g/mol. The number of rotatable bonds is 6. The lowest BCUT2D eigenvalue weighted by Gasteiger charge is -2.24. The zero-order valence-electron chi connectivity index (χ0n) is 12.8. The van der Waals surface area contributed by atoms with Gasteiger partial charge in [0.25, 0.3) is 0 Å². The van der Waals surface area contributed by atoms with E-state index in [0.717, 1.165) is 29.9 Å². The summed E-state index contributed by atoms with van der Waals surface area (Å²) < 4.78 is 24.1. The lowest BCUT2D eigenvalue weighted by atomic mass is 10.1. The highest BCUT2D eigenvalue weighted by Gasteiger charge is 2.30. The molecule has 1 aromatic heterocycles. The van der Waals surface area contributed by atoms with Gasteiger partial charge in [-0.05, 0) is 43.2 Å². The Bertz CT molecular complexity index is 659. The zero-order valence-corrected chi connectivity index (χ0v) is 12.8. The van der Waals surface area contributed by atoms with Gasteiger partial charge >= 0.3 is 0 Å². The van der Waals surface area contributed by atoms with Gasteiger partial charge in [-0.15, -0.1) is 0 Å². The van der Waals surface area contributed by atoms with Crippen molar-refractivity contribution in [3.8, 4) is 11.5 Å². The van der Waals surface area contributed by atoms with Crippen molar-refractivity contribution in [2.75, 3.05) is 19.1 Å². The normalized spacial score (nSPS) is 13.8. The molecule has 2 aromatic rings. The summed E-state index contributed by atoms with van der Waals surface area (Å²) in [6, 6.07) is 11.0. The summed E-state index contributed by atoms with van der Waals surface area (Å²) >= 11 is 0. The number of halogens is 1. The van der Waals surface area contributed by atoms with E-state index in [1.165, 1.54) is 6.07 Å². The second-order valence-corrected chi connectivity index (χ2v) is 5.36. The molecule has 116 valence electrons. The third kappa shape index (κ3) is 3.13. The molecule has 1 aliphatic carbocycles. The van der Waals surface area contributed by atoms with E-state index in [2.05, 4.69) is 9.88 Å². The van der Waals surface area contributed by atoms with Crippen LogP contribution in [0.1, 0.15) is 18.4 Å². The number of aromatic nitrogens is 1. The van der Waals surface area contributed by atoms with E-state index in [1.54, 1.807) is 20.3 Å². The van der Waals surface area contributed by atoms with Crippen LogP contribution in [0.3, 0.4) is 0 Å². The fourth-order valence-electron chi connectivity index (χ4n) is 2.53. The average Bonchev–Trinajstić information content (AvgIpc) is 3.37. The van der Waals surface area contributed by atoms with Crippen LogP contribution in [0, 0.1) is 5.95 Å². The van der Waals surface area contributed by atoms with Crippen molar-refractivity contribution in [2.45, 2.75) is 25.4 Å². The Labute approximate surface area is 129 Å². The van der Waals surface area contributed by atoms with Crippen LogP contribution in [0.25, 0.3) is 0 Å². The molecule has 0 bridgehead atoms. The molecular formula is C17H19FN2O2. The van der Waals surface area contributed by atoms with Crippen molar-refractivity contribution in [1.82, 2.24) is 4.98 Å². The molecule has 0 spiro atoms. The average molecular weight is 302 g/mol. The number of pyridine rings is 1. The quantitative estimate of drug-likeness (QED) is 0.766. The smallest absolute Gasteiger partial charge is 0.214 e. The minimum Gasteiger partial charge on any atom is -0.497 e. The molecule has 0 amide bonds. The minimum absolute atomic E-state index is 0.408. The Balaban J connectivity index is 1.91. The maximum atomic E-state index is 13.4. The van der Waals surface area contributed by atoms with Crippen LogP contribution in [0.5, 0.6) is 11.5 Å². The number of nitrogens with zero attached hydrogens (tertiary/aromatic N) is 2. The molecule has 0 radical (unpaired) electrons. The molecule has 1 aliphatic rings. The second-order valence-electron chi connectivity index (χ2n) is 5.36. The monoisotopic (exact) mass is 302 g/mol. The number of benzene rings is 1. The van der Waals surface area contributed by atoms with Gasteiger partial charge in [0.1, 0.15) is 17.3 Å². The molecule has 1 fully saturated rings. The van der Waals surface area contributed by atoms with Gasteiger partial charge < -0.3 is 14.4 Å². The third-order valence-electron chi connectivity index (χ3n) is 3.81. The topological polar surface area (TPSA) is 34.6 Å². The molecule has 1 heterocycles. The molecule has 0 N–H and O–H groups in total. The Kier molecular flexibility index (Phi) is 4.13. The molecule has 0 atom stereocenters. The van der Waals surface area contributed by atoms with E-state index in [1.807, 2.05) is 24.3 Å². The molecule has 0 saturated heterocycles. The van der Waals surface area contributed by atoms with Crippen LogP contribution >= 0.6 is 0 Å². The van der Waals surface area contributed by atoms with Gasteiger partial charge in [0, 0.05) is 18.2 Å². The number of anilines is 1. The summed E-state index contributed by atoms with van der Waals surface area (Å²) in [4.78, 5) is 6.14. The van der Waals surface area contributed by atoms with E-state index in [4.69, 9.17) is 9.47 Å². The predicted molar refractivity (Wildman–Crippen MR) is 82.9 cm³/mol. The first-order valence-corrected chi connectivity index (χ1v) is 7.31. The Morgan fingerprint density at radius 1 is 1.18 bits per heavy atom. The lowest BCUT2D eigenvalue weighted by molar-refractivity contribution is 0.398. The van der Waals surface area contributed by atoms with Gasteiger partial charge in [-0.2, -0.15) is 4.39 Å². The Morgan fingerprint density at radius 2 is 2.00 bits per heavy atom. The van der Waals surface area contributed by atoms with Crippen molar-refractivity contribution in [1.29, 1.82) is 0 Å². The Hall–Kier alpha value is -2.30. The maximum absolute atomic E-state index is 13.4. The molecule has 22 heavy (non-hydrogen) atoms. The highest BCUT2D eigenvalue weighted by Crippen LogP contribution is 2.34. The SMILES string of the molecule is COc1ccc(OC)c(CN(c2cccc(F)n2)C2CC2)c1. The Morgan fingerprint density at radius 3 is 2.64 bits per heavy atom. The fraction of sp³-hybridized carbons (Fsp3) is 0.353. The summed E-state index contributed by atoms with van der Waals surface area (Å²) in [6.07, 6.45) is 2.20. The van der Waals surface area contributed by atoms with Crippen LogP contribution in [0.2, 0.25) is 0 Å². The molecule has 0 aliphatic heterocycles. The number of hydrogen-bond donors (Lipinski definition) is 0. The van der Waals surface area contributed by atoms with Crippen molar-refractivity contribution in [3.63, 3.8) is 0 Å². The summed E-state index contributed by atoms with van der Waals surface area (Å²) in [5.41, 5.74) is 1.000. The van der Waals surface area contributed by atoms with Gasteiger partial charge in [0.2, 0.25) is 5.95 Å². The maximum Gasteiger partial charge on any atom is 0.214 e. The molecule has 1 saturated carbocycles. The van der Waals surface area contributed by atoms with Crippen molar-refractivity contribution < 1.29 is 13.9 Å². The van der Waals surface area contributed by atoms with E-state index in [0.29, 0.717) is 18.4 Å². The summed E-state index contributed by atoms with van der Waals surface area (Å²) in [5, 5.41) is 0. The van der Waals surface area contributed by atoms with Crippen LogP contribution in [-0.2, 0) is 6.54 Å². The first-order valence-electron chi connectivity index (χ1n) is 7.31. The van der Waals surface area contributed by atoms with E-state index in [9.17, 15) is 4.39 Å². The highest BCUT2D eigenvalue weighted by atomic mass is 19.1. The summed E-state index contributed by atoms with van der Waals surface area (Å²) in [6.45, 7) is 0.613. The van der Waals surface area contributed by atoms with Crippen molar-refractivity contribution in [3.05, 3.63) is 47.9 Å². The molecule has 1 aromatic carbocycles. The van der Waals surface area contributed by atoms with Gasteiger partial charge in [-0.25, -0.2) is 4.98 Å². The number of methoxy groups -OCH3 is 2. The molecule has 0 unspecified atom stereocenters. The highest BCUT2D eigenvalue weighted by molar-refractivity contribution is 5.47. The van der Waals surface area contributed by atoms with Gasteiger partial charge in [-0.3, -0.25) is 0 Å². The zero-order chi connectivity index (χ0) is 15.5. The first kappa shape index (κ1) is 14.6. The predicted octanol–water partition coefficient (Wildman–Crippen LogP) is 3.41. The standard InChI is InChI=1S/C17H19FN2O2/c1-21-14-8-9-15(22-2)12(10-14)11-20(13-6-7-13)17-5-3-4-16(18)19-17/h3-5,8-10,13H,6-7,11H2,1-2H3. The van der Waals surface area contributed by atoms with Gasteiger partial charge in [0.15, 0.2) is 0 Å². The van der Waals surface area contributed by atoms with Gasteiger partial charge in [-0.1, -0.05) is 6.07 Å². The van der Waals surface area contributed by atoms with E-state index in [-0.39, 0.29) is 0 Å². The largest absolute Gasteiger partial charge is 0.497 e. The first-order chi connectivity index (χ1) is 10.7. The van der Waals surface area contributed by atoms with Crippen LogP contribution in [-0.4, -0.2) is 25.2 Å². The fourth-order valence-corrected chi connectivity index (χ4v) is 2.53. The van der Waals surface area contributed by atoms with Crippen LogP contribution in [0.4, 0.5) is 10.2 Å². The summed E-state index contributed by atoms with van der Waals surface area (Å²) in [5.74, 6) is 1.77.